The third-order valence-electron chi connectivity index (χ3n) is 1.77. The van der Waals surface area contributed by atoms with E-state index in [4.69, 9.17) is 9.84 Å². The molecule has 0 spiro atoms. The SMILES string of the molecule is C=C(O)c1ccc(OCC(C)C)cc1. The van der Waals surface area contributed by atoms with Crippen molar-refractivity contribution in [1.82, 2.24) is 0 Å². The molecule has 0 atom stereocenters. The van der Waals surface area contributed by atoms with Crippen molar-refractivity contribution in [3.63, 3.8) is 0 Å². The molecule has 0 heterocycles. The lowest BCUT2D eigenvalue weighted by Crippen LogP contribution is -2.04. The number of ether oxygens (including phenoxy) is 1. The summed E-state index contributed by atoms with van der Waals surface area (Å²) in [4.78, 5) is 0. The Balaban J connectivity index is 2.60. The summed E-state index contributed by atoms with van der Waals surface area (Å²) in [5, 5.41) is 9.10. The quantitative estimate of drug-likeness (QED) is 0.742. The van der Waals surface area contributed by atoms with Gasteiger partial charge in [-0.15, -0.1) is 0 Å². The van der Waals surface area contributed by atoms with Gasteiger partial charge in [-0.1, -0.05) is 20.4 Å². The van der Waals surface area contributed by atoms with Gasteiger partial charge in [-0.2, -0.15) is 0 Å². The summed E-state index contributed by atoms with van der Waals surface area (Å²) < 4.78 is 5.49. The van der Waals surface area contributed by atoms with Gasteiger partial charge in [-0.05, 0) is 30.2 Å². The van der Waals surface area contributed by atoms with Crippen LogP contribution in [0.5, 0.6) is 5.75 Å². The van der Waals surface area contributed by atoms with Gasteiger partial charge in [0.15, 0.2) is 0 Å². The number of aliphatic hydroxyl groups is 1. The standard InChI is InChI=1S/C12H16O2/c1-9(2)8-14-12-6-4-11(5-7-12)10(3)13/h4-7,9,13H,3,8H2,1-2H3. The molecule has 0 amide bonds. The first-order valence-electron chi connectivity index (χ1n) is 4.70. The van der Waals surface area contributed by atoms with Crippen LogP contribution in [0.4, 0.5) is 0 Å². The van der Waals surface area contributed by atoms with Crippen molar-refractivity contribution in [3.05, 3.63) is 36.4 Å². The van der Waals surface area contributed by atoms with Crippen molar-refractivity contribution in [1.29, 1.82) is 0 Å². The molecule has 0 fully saturated rings. The van der Waals surface area contributed by atoms with Crippen LogP contribution in [0.25, 0.3) is 5.76 Å². The van der Waals surface area contributed by atoms with Crippen LogP contribution in [-0.4, -0.2) is 11.7 Å². The van der Waals surface area contributed by atoms with Crippen molar-refractivity contribution in [2.45, 2.75) is 13.8 Å². The average molecular weight is 192 g/mol. The lowest BCUT2D eigenvalue weighted by atomic mass is 10.2. The van der Waals surface area contributed by atoms with Gasteiger partial charge in [0.05, 0.1) is 6.61 Å². The molecular formula is C12H16O2. The Kier molecular flexibility index (Phi) is 3.57. The summed E-state index contributed by atoms with van der Waals surface area (Å²) in [7, 11) is 0. The molecular weight excluding hydrogens is 176 g/mol. The molecule has 1 rings (SSSR count). The highest BCUT2D eigenvalue weighted by Gasteiger charge is 1.98. The fourth-order valence-electron chi connectivity index (χ4n) is 1.01. The van der Waals surface area contributed by atoms with Gasteiger partial charge < -0.3 is 9.84 Å². The second-order valence-corrected chi connectivity index (χ2v) is 3.68. The first-order chi connectivity index (χ1) is 6.59. The van der Waals surface area contributed by atoms with Crippen LogP contribution >= 0.6 is 0 Å². The molecule has 0 radical (unpaired) electrons. The number of aliphatic hydroxyl groups excluding tert-OH is 1. The lowest BCUT2D eigenvalue weighted by Gasteiger charge is -2.08. The molecule has 0 aliphatic carbocycles. The predicted octanol–water partition coefficient (Wildman–Crippen LogP) is 3.25. The molecule has 0 aliphatic rings. The van der Waals surface area contributed by atoms with Crippen LogP contribution in [0.1, 0.15) is 19.4 Å². The van der Waals surface area contributed by atoms with Crippen molar-refractivity contribution < 1.29 is 9.84 Å². The van der Waals surface area contributed by atoms with Crippen molar-refractivity contribution in [3.8, 4) is 5.75 Å². The van der Waals surface area contributed by atoms with E-state index in [1.807, 2.05) is 12.1 Å². The third-order valence-corrected chi connectivity index (χ3v) is 1.77. The fourth-order valence-corrected chi connectivity index (χ4v) is 1.01. The molecule has 0 saturated carbocycles. The second kappa shape index (κ2) is 4.70. The van der Waals surface area contributed by atoms with Gasteiger partial charge in [0.2, 0.25) is 0 Å². The highest BCUT2D eigenvalue weighted by Crippen LogP contribution is 2.16. The molecule has 2 nitrogen and oxygen atoms in total. The van der Waals surface area contributed by atoms with Gasteiger partial charge in [-0.3, -0.25) is 0 Å². The Morgan fingerprint density at radius 3 is 2.36 bits per heavy atom. The summed E-state index contributed by atoms with van der Waals surface area (Å²) in [5.41, 5.74) is 0.724. The van der Waals surface area contributed by atoms with E-state index >= 15 is 0 Å². The maximum Gasteiger partial charge on any atom is 0.119 e. The summed E-state index contributed by atoms with van der Waals surface area (Å²) in [5.74, 6) is 1.42. The van der Waals surface area contributed by atoms with Crippen LogP contribution < -0.4 is 4.74 Å². The molecule has 1 aromatic carbocycles. The first-order valence-corrected chi connectivity index (χ1v) is 4.70. The van der Waals surface area contributed by atoms with E-state index in [9.17, 15) is 0 Å². The maximum atomic E-state index is 9.10. The molecule has 0 unspecified atom stereocenters. The lowest BCUT2D eigenvalue weighted by molar-refractivity contribution is 0.271. The number of hydrogen-bond acceptors (Lipinski definition) is 2. The normalized spacial score (nSPS) is 10.2. The van der Waals surface area contributed by atoms with E-state index in [1.165, 1.54) is 0 Å². The summed E-state index contributed by atoms with van der Waals surface area (Å²) in [6.07, 6.45) is 0. The largest absolute Gasteiger partial charge is 0.508 e. The molecule has 2 heteroatoms. The molecule has 14 heavy (non-hydrogen) atoms. The van der Waals surface area contributed by atoms with E-state index in [1.54, 1.807) is 12.1 Å². The molecule has 1 N–H and O–H groups in total. The first kappa shape index (κ1) is 10.6. The topological polar surface area (TPSA) is 29.5 Å². The molecule has 76 valence electrons. The van der Waals surface area contributed by atoms with E-state index in [0.29, 0.717) is 12.5 Å². The molecule has 0 aromatic heterocycles. The number of benzene rings is 1. The molecule has 0 bridgehead atoms. The second-order valence-electron chi connectivity index (χ2n) is 3.68. The van der Waals surface area contributed by atoms with E-state index in [-0.39, 0.29) is 5.76 Å². The smallest absolute Gasteiger partial charge is 0.119 e. The van der Waals surface area contributed by atoms with E-state index < -0.39 is 0 Å². The van der Waals surface area contributed by atoms with Crippen LogP contribution in [0.3, 0.4) is 0 Å². The fraction of sp³-hybridized carbons (Fsp3) is 0.333. The van der Waals surface area contributed by atoms with Crippen LogP contribution in [0.15, 0.2) is 30.8 Å². The molecule has 0 saturated heterocycles. The maximum absolute atomic E-state index is 9.10. The van der Waals surface area contributed by atoms with Crippen molar-refractivity contribution in [2.75, 3.05) is 6.61 Å². The third kappa shape index (κ3) is 3.13. The van der Waals surface area contributed by atoms with Gasteiger partial charge >= 0.3 is 0 Å². The monoisotopic (exact) mass is 192 g/mol. The summed E-state index contributed by atoms with van der Waals surface area (Å²) in [6.45, 7) is 8.35. The highest BCUT2D eigenvalue weighted by atomic mass is 16.5. The molecule has 1 aromatic rings. The van der Waals surface area contributed by atoms with E-state index in [2.05, 4.69) is 20.4 Å². The minimum absolute atomic E-state index is 0.0837. The zero-order chi connectivity index (χ0) is 10.6. The van der Waals surface area contributed by atoms with Crippen LogP contribution in [-0.2, 0) is 0 Å². The Morgan fingerprint density at radius 2 is 1.93 bits per heavy atom. The summed E-state index contributed by atoms with van der Waals surface area (Å²) in [6, 6.07) is 7.24. The number of hydrogen-bond donors (Lipinski definition) is 1. The van der Waals surface area contributed by atoms with Crippen molar-refractivity contribution in [2.24, 2.45) is 5.92 Å². The highest BCUT2D eigenvalue weighted by molar-refractivity contribution is 5.56. The minimum atomic E-state index is 0.0837. The van der Waals surface area contributed by atoms with Gasteiger partial charge in [-0.25, -0.2) is 0 Å². The van der Waals surface area contributed by atoms with Gasteiger partial charge in [0.25, 0.3) is 0 Å². The van der Waals surface area contributed by atoms with Crippen molar-refractivity contribution >= 4 is 5.76 Å². The Hall–Kier alpha value is -1.44. The Labute approximate surface area is 84.8 Å². The Morgan fingerprint density at radius 1 is 1.36 bits per heavy atom. The van der Waals surface area contributed by atoms with Crippen LogP contribution in [0, 0.1) is 5.92 Å². The molecule has 0 aliphatic heterocycles. The average Bonchev–Trinajstić information content (AvgIpc) is 2.15. The van der Waals surface area contributed by atoms with Gasteiger partial charge in [0.1, 0.15) is 11.5 Å². The van der Waals surface area contributed by atoms with Gasteiger partial charge in [0, 0.05) is 5.56 Å². The zero-order valence-electron chi connectivity index (χ0n) is 8.66. The summed E-state index contributed by atoms with van der Waals surface area (Å²) >= 11 is 0. The minimum Gasteiger partial charge on any atom is -0.508 e. The Bertz CT molecular complexity index is 299. The zero-order valence-corrected chi connectivity index (χ0v) is 8.66. The predicted molar refractivity (Wildman–Crippen MR) is 58.4 cm³/mol. The van der Waals surface area contributed by atoms with Crippen LogP contribution in [0.2, 0.25) is 0 Å². The number of rotatable bonds is 4. The van der Waals surface area contributed by atoms with E-state index in [0.717, 1.165) is 11.3 Å².